The van der Waals surface area contributed by atoms with Crippen LogP contribution in [0, 0.1) is 29.1 Å². The molecular weight excluding hydrogens is 288 g/mol. The van der Waals surface area contributed by atoms with Crippen molar-refractivity contribution in [3.8, 4) is 11.8 Å². The van der Waals surface area contributed by atoms with Gasteiger partial charge < -0.3 is 10.1 Å². The molecule has 0 radical (unpaired) electrons. The molecule has 1 aromatic carbocycles. The zero-order chi connectivity index (χ0) is 16.4. The first-order valence-corrected chi connectivity index (χ1v) is 8.54. The van der Waals surface area contributed by atoms with Crippen molar-refractivity contribution in [1.29, 1.82) is 5.26 Å². The van der Waals surface area contributed by atoms with Crippen LogP contribution in [0.3, 0.4) is 0 Å². The van der Waals surface area contributed by atoms with Gasteiger partial charge in [0.15, 0.2) is 6.10 Å². The van der Waals surface area contributed by atoms with Crippen LogP contribution in [0.1, 0.15) is 45.1 Å². The molecular formula is C19H24N2O2. The van der Waals surface area contributed by atoms with Crippen molar-refractivity contribution in [2.45, 2.75) is 51.7 Å². The summed E-state index contributed by atoms with van der Waals surface area (Å²) < 4.78 is 5.68. The van der Waals surface area contributed by atoms with Gasteiger partial charge in [-0.1, -0.05) is 12.5 Å². The Morgan fingerprint density at radius 1 is 1.35 bits per heavy atom. The third-order valence-electron chi connectivity index (χ3n) is 5.45. The summed E-state index contributed by atoms with van der Waals surface area (Å²) in [5.41, 5.74) is 0.533. The van der Waals surface area contributed by atoms with Gasteiger partial charge in [-0.25, -0.2) is 0 Å². The van der Waals surface area contributed by atoms with Gasteiger partial charge in [-0.05, 0) is 69.1 Å². The number of nitrogens with one attached hydrogen (secondary N) is 1. The van der Waals surface area contributed by atoms with Crippen molar-refractivity contribution in [3.63, 3.8) is 0 Å². The van der Waals surface area contributed by atoms with Crippen LogP contribution in [-0.2, 0) is 4.79 Å². The molecule has 4 nitrogen and oxygen atoms in total. The molecule has 5 unspecified atom stereocenters. The predicted molar refractivity (Wildman–Crippen MR) is 87.8 cm³/mol. The number of nitriles is 1. The highest BCUT2D eigenvalue weighted by atomic mass is 16.5. The van der Waals surface area contributed by atoms with Gasteiger partial charge in [0.2, 0.25) is 0 Å². The van der Waals surface area contributed by atoms with Crippen molar-refractivity contribution < 1.29 is 9.53 Å². The molecule has 0 heterocycles. The van der Waals surface area contributed by atoms with Crippen LogP contribution in [0.4, 0.5) is 0 Å². The Labute approximate surface area is 137 Å². The van der Waals surface area contributed by atoms with E-state index in [1.54, 1.807) is 31.2 Å². The molecule has 2 fully saturated rings. The van der Waals surface area contributed by atoms with Crippen LogP contribution in [0.5, 0.6) is 5.75 Å². The Balaban J connectivity index is 1.54. The van der Waals surface area contributed by atoms with Crippen LogP contribution < -0.4 is 10.1 Å². The van der Waals surface area contributed by atoms with Crippen molar-refractivity contribution in [3.05, 3.63) is 29.8 Å². The molecule has 0 saturated heterocycles. The van der Waals surface area contributed by atoms with E-state index in [1.807, 2.05) is 0 Å². The Morgan fingerprint density at radius 2 is 2.17 bits per heavy atom. The molecule has 0 spiro atoms. The summed E-state index contributed by atoms with van der Waals surface area (Å²) in [6, 6.07) is 9.18. The summed E-state index contributed by atoms with van der Waals surface area (Å²) in [7, 11) is 0. The minimum absolute atomic E-state index is 0.0809. The lowest BCUT2D eigenvalue weighted by Crippen LogP contribution is -2.45. The maximum Gasteiger partial charge on any atom is 0.260 e. The van der Waals surface area contributed by atoms with Crippen molar-refractivity contribution in [2.24, 2.45) is 17.8 Å². The SMILES string of the molecule is CC(Oc1cccc(C#N)c1)C(=O)NC(C)C1CC2CCC1C2. The Kier molecular flexibility index (Phi) is 4.56. The number of amides is 1. The fourth-order valence-corrected chi connectivity index (χ4v) is 4.25. The van der Waals surface area contributed by atoms with Crippen molar-refractivity contribution in [1.82, 2.24) is 5.32 Å². The fourth-order valence-electron chi connectivity index (χ4n) is 4.25. The van der Waals surface area contributed by atoms with E-state index in [-0.39, 0.29) is 11.9 Å². The minimum atomic E-state index is -0.565. The lowest BCUT2D eigenvalue weighted by molar-refractivity contribution is -0.128. The molecule has 2 bridgehead atoms. The van der Waals surface area contributed by atoms with Gasteiger partial charge in [0, 0.05) is 6.04 Å². The molecule has 2 aliphatic rings. The topological polar surface area (TPSA) is 62.1 Å². The van der Waals surface area contributed by atoms with Crippen molar-refractivity contribution >= 4 is 5.91 Å². The summed E-state index contributed by atoms with van der Waals surface area (Å²) in [5.74, 6) is 2.76. The average molecular weight is 312 g/mol. The summed E-state index contributed by atoms with van der Waals surface area (Å²) in [4.78, 5) is 12.4. The highest BCUT2D eigenvalue weighted by molar-refractivity contribution is 5.81. The molecule has 3 rings (SSSR count). The third kappa shape index (κ3) is 3.50. The Bertz CT molecular complexity index is 622. The average Bonchev–Trinajstić information content (AvgIpc) is 3.18. The Hall–Kier alpha value is -2.02. The van der Waals surface area contributed by atoms with Gasteiger partial charge in [-0.15, -0.1) is 0 Å². The van der Waals surface area contributed by atoms with Gasteiger partial charge >= 0.3 is 0 Å². The fraction of sp³-hybridized carbons (Fsp3) is 0.579. The number of nitrogens with zero attached hydrogens (tertiary/aromatic N) is 1. The summed E-state index contributed by atoms with van der Waals surface area (Å²) in [6.45, 7) is 3.87. The van der Waals surface area contributed by atoms with Crippen LogP contribution in [0.15, 0.2) is 24.3 Å². The molecule has 5 atom stereocenters. The number of hydrogen-bond acceptors (Lipinski definition) is 3. The first-order chi connectivity index (χ1) is 11.1. The molecule has 4 heteroatoms. The summed E-state index contributed by atoms with van der Waals surface area (Å²) in [5, 5.41) is 12.0. The van der Waals surface area contributed by atoms with Gasteiger partial charge in [0.25, 0.3) is 5.91 Å². The first-order valence-electron chi connectivity index (χ1n) is 8.54. The van der Waals surface area contributed by atoms with Crippen molar-refractivity contribution in [2.75, 3.05) is 0 Å². The van der Waals surface area contributed by atoms with E-state index >= 15 is 0 Å². The predicted octanol–water partition coefficient (Wildman–Crippen LogP) is 3.27. The van der Waals surface area contributed by atoms with E-state index in [9.17, 15) is 4.79 Å². The quantitative estimate of drug-likeness (QED) is 0.907. The number of fused-ring (bicyclic) bond motifs is 2. The second kappa shape index (κ2) is 6.62. The molecule has 23 heavy (non-hydrogen) atoms. The van der Waals surface area contributed by atoms with E-state index in [2.05, 4.69) is 18.3 Å². The largest absolute Gasteiger partial charge is 0.481 e. The summed E-state index contributed by atoms with van der Waals surface area (Å²) >= 11 is 0. The van der Waals surface area contributed by atoms with E-state index in [4.69, 9.17) is 10.00 Å². The summed E-state index contributed by atoms with van der Waals surface area (Å²) in [6.07, 6.45) is 4.73. The van der Waals surface area contributed by atoms with Crippen LogP contribution in [0.2, 0.25) is 0 Å². The smallest absolute Gasteiger partial charge is 0.260 e. The second-order valence-electron chi connectivity index (χ2n) is 7.04. The normalized spacial score (nSPS) is 28.0. The van der Waals surface area contributed by atoms with Crippen LogP contribution in [-0.4, -0.2) is 18.1 Å². The van der Waals surface area contributed by atoms with Gasteiger partial charge in [-0.3, -0.25) is 4.79 Å². The number of hydrogen-bond donors (Lipinski definition) is 1. The molecule has 0 aliphatic heterocycles. The van der Waals surface area contributed by atoms with E-state index in [0.29, 0.717) is 17.2 Å². The van der Waals surface area contributed by atoms with Gasteiger partial charge in [-0.2, -0.15) is 5.26 Å². The standard InChI is InChI=1S/C19H24N2O2/c1-12(18-10-14-6-7-16(18)8-14)21-19(22)13(2)23-17-5-3-4-15(9-17)11-20/h3-5,9,12-14,16,18H,6-8,10H2,1-2H3,(H,21,22). The number of carbonyl (C=O) groups is 1. The highest BCUT2D eigenvalue weighted by Crippen LogP contribution is 2.49. The van der Waals surface area contributed by atoms with E-state index < -0.39 is 6.10 Å². The number of benzene rings is 1. The molecule has 1 N–H and O–H groups in total. The lowest BCUT2D eigenvalue weighted by Gasteiger charge is -2.29. The lowest BCUT2D eigenvalue weighted by atomic mass is 9.84. The molecule has 1 amide bonds. The number of ether oxygens (including phenoxy) is 1. The molecule has 122 valence electrons. The Morgan fingerprint density at radius 3 is 2.83 bits per heavy atom. The molecule has 1 aromatic rings. The van der Waals surface area contributed by atoms with E-state index in [0.717, 1.165) is 11.8 Å². The monoisotopic (exact) mass is 312 g/mol. The maximum atomic E-state index is 12.4. The minimum Gasteiger partial charge on any atom is -0.481 e. The van der Waals surface area contributed by atoms with E-state index in [1.165, 1.54) is 25.7 Å². The second-order valence-corrected chi connectivity index (χ2v) is 7.04. The molecule has 2 aliphatic carbocycles. The molecule has 0 aromatic heterocycles. The molecule has 2 saturated carbocycles. The van der Waals surface area contributed by atoms with Gasteiger partial charge in [0.05, 0.1) is 11.6 Å². The zero-order valence-electron chi connectivity index (χ0n) is 13.8. The highest BCUT2D eigenvalue weighted by Gasteiger charge is 2.42. The maximum absolute atomic E-state index is 12.4. The third-order valence-corrected chi connectivity index (χ3v) is 5.45. The van der Waals surface area contributed by atoms with Crippen LogP contribution in [0.25, 0.3) is 0 Å². The first kappa shape index (κ1) is 15.9. The number of carbonyl (C=O) groups excluding carboxylic acids is 1. The number of rotatable bonds is 5. The zero-order valence-corrected chi connectivity index (χ0v) is 13.8. The van der Waals surface area contributed by atoms with Gasteiger partial charge in [0.1, 0.15) is 5.75 Å². The van der Waals surface area contributed by atoms with Crippen LogP contribution >= 0.6 is 0 Å².